The summed E-state index contributed by atoms with van der Waals surface area (Å²) in [4.78, 5) is 11.7. The van der Waals surface area contributed by atoms with Gasteiger partial charge in [0.1, 0.15) is 12.2 Å². The lowest BCUT2D eigenvalue weighted by Gasteiger charge is -2.58. The minimum atomic E-state index is -0.141. The average molecular weight is 415 g/mol. The first kappa shape index (κ1) is 20.6. The van der Waals surface area contributed by atoms with Gasteiger partial charge in [-0.2, -0.15) is 0 Å². The van der Waals surface area contributed by atoms with Crippen molar-refractivity contribution in [2.45, 2.75) is 96.7 Å². The molecule has 0 aromatic carbocycles. The predicted octanol–water partition coefficient (Wildman–Crippen LogP) is 5.31. The molecule has 4 heteroatoms. The van der Waals surface area contributed by atoms with Crippen molar-refractivity contribution < 1.29 is 19.4 Å². The van der Waals surface area contributed by atoms with Gasteiger partial charge in [0.15, 0.2) is 0 Å². The summed E-state index contributed by atoms with van der Waals surface area (Å²) in [7, 11) is 0. The number of aliphatic hydroxyl groups is 1. The van der Waals surface area contributed by atoms with Crippen LogP contribution in [0.5, 0.6) is 0 Å². The largest absolute Gasteiger partial charge is 0.495 e. The second-order valence-electron chi connectivity index (χ2n) is 10.9. The van der Waals surface area contributed by atoms with Gasteiger partial charge in [0.2, 0.25) is 0 Å². The summed E-state index contributed by atoms with van der Waals surface area (Å²) >= 11 is 0. The van der Waals surface area contributed by atoms with E-state index in [-0.39, 0.29) is 35.6 Å². The normalized spacial score (nSPS) is 45.0. The number of esters is 1. The number of carbonyl (C=O) groups excluding carboxylic acids is 1. The first-order chi connectivity index (χ1) is 14.5. The SMILES string of the molecule is CC(=O)OC1CC[C@H]2[C@@H]3CC=C4CC(OC5=CCCC5)CC[C@]4(CO)[C@@H]3CC[C@]12C. The number of aliphatic hydroxyl groups excluding tert-OH is 1. The standard InChI is InChI=1S/C26H38O4/c1-17(28)29-24-10-9-22-21-8-7-18-15-20(30-19-5-3-4-6-19)11-14-26(18,16-27)23(21)12-13-25(22,24)2/h5,7,20-24,27H,3-4,6,8-16H2,1-2H3/t20?,21-,22-,23+,24?,25-,26+/m0/s1. The van der Waals surface area contributed by atoms with E-state index in [0.29, 0.717) is 17.8 Å². The number of allylic oxidation sites excluding steroid dienone is 3. The van der Waals surface area contributed by atoms with E-state index in [1.54, 1.807) is 6.92 Å². The predicted molar refractivity (Wildman–Crippen MR) is 115 cm³/mol. The van der Waals surface area contributed by atoms with Crippen molar-refractivity contribution in [3.8, 4) is 0 Å². The van der Waals surface area contributed by atoms with Crippen LogP contribution in [0, 0.1) is 28.6 Å². The second kappa shape index (κ2) is 7.69. The Morgan fingerprint density at radius 3 is 2.77 bits per heavy atom. The van der Waals surface area contributed by atoms with E-state index < -0.39 is 0 Å². The quantitative estimate of drug-likeness (QED) is 0.500. The van der Waals surface area contributed by atoms with Crippen LogP contribution in [0.1, 0.15) is 84.5 Å². The first-order valence-electron chi connectivity index (χ1n) is 12.3. The molecule has 5 aliphatic carbocycles. The fourth-order valence-electron chi connectivity index (χ4n) is 8.13. The fourth-order valence-corrected chi connectivity index (χ4v) is 8.13. The van der Waals surface area contributed by atoms with Gasteiger partial charge in [-0.25, -0.2) is 0 Å². The molecule has 0 heterocycles. The van der Waals surface area contributed by atoms with E-state index in [1.165, 1.54) is 17.8 Å². The van der Waals surface area contributed by atoms with Crippen LogP contribution in [-0.2, 0) is 14.3 Å². The molecule has 0 aromatic rings. The molecule has 0 saturated heterocycles. The number of ether oxygens (including phenoxy) is 2. The van der Waals surface area contributed by atoms with Crippen LogP contribution in [0.4, 0.5) is 0 Å². The molecule has 1 N–H and O–H groups in total. The Morgan fingerprint density at radius 1 is 1.17 bits per heavy atom. The van der Waals surface area contributed by atoms with Crippen molar-refractivity contribution in [2.75, 3.05) is 6.61 Å². The summed E-state index contributed by atoms with van der Waals surface area (Å²) in [6.45, 7) is 4.17. The molecule has 0 amide bonds. The molecular weight excluding hydrogens is 376 g/mol. The topological polar surface area (TPSA) is 55.8 Å². The molecule has 5 rings (SSSR count). The maximum absolute atomic E-state index is 11.7. The highest BCUT2D eigenvalue weighted by Gasteiger charge is 2.60. The van der Waals surface area contributed by atoms with E-state index in [9.17, 15) is 9.90 Å². The Balaban J connectivity index is 1.36. The third kappa shape index (κ3) is 3.16. The Kier molecular flexibility index (Phi) is 5.28. The van der Waals surface area contributed by atoms with E-state index in [0.717, 1.165) is 64.2 Å². The molecule has 5 aliphatic rings. The zero-order valence-corrected chi connectivity index (χ0v) is 18.7. The molecule has 30 heavy (non-hydrogen) atoms. The molecule has 4 nitrogen and oxygen atoms in total. The summed E-state index contributed by atoms with van der Waals surface area (Å²) in [5.41, 5.74) is 1.52. The molecule has 0 aliphatic heterocycles. The smallest absolute Gasteiger partial charge is 0.302 e. The van der Waals surface area contributed by atoms with Gasteiger partial charge in [0.25, 0.3) is 0 Å². The Hall–Kier alpha value is -1.29. The maximum Gasteiger partial charge on any atom is 0.302 e. The lowest BCUT2D eigenvalue weighted by Crippen LogP contribution is -2.53. The molecule has 3 fully saturated rings. The molecule has 0 spiro atoms. The van der Waals surface area contributed by atoms with Crippen molar-refractivity contribution in [1.29, 1.82) is 0 Å². The Morgan fingerprint density at radius 2 is 2.03 bits per heavy atom. The Bertz CT molecular complexity index is 754. The van der Waals surface area contributed by atoms with Crippen LogP contribution in [-0.4, -0.2) is 29.9 Å². The van der Waals surface area contributed by atoms with E-state index in [1.807, 2.05) is 0 Å². The van der Waals surface area contributed by atoms with Gasteiger partial charge >= 0.3 is 5.97 Å². The van der Waals surface area contributed by atoms with Crippen molar-refractivity contribution in [3.63, 3.8) is 0 Å². The van der Waals surface area contributed by atoms with Gasteiger partial charge in [0, 0.05) is 30.6 Å². The Labute approximate surface area is 181 Å². The summed E-state index contributed by atoms with van der Waals surface area (Å²) in [6, 6.07) is 0. The number of hydrogen-bond acceptors (Lipinski definition) is 4. The lowest BCUT2D eigenvalue weighted by molar-refractivity contribution is -0.157. The van der Waals surface area contributed by atoms with Crippen molar-refractivity contribution >= 4 is 5.97 Å². The van der Waals surface area contributed by atoms with Gasteiger partial charge in [-0.1, -0.05) is 18.6 Å². The zero-order valence-electron chi connectivity index (χ0n) is 18.7. The number of carbonyl (C=O) groups is 1. The van der Waals surface area contributed by atoms with Gasteiger partial charge in [-0.05, 0) is 81.6 Å². The van der Waals surface area contributed by atoms with E-state index in [4.69, 9.17) is 9.47 Å². The molecule has 0 aromatic heterocycles. The third-order valence-corrected chi connectivity index (χ3v) is 9.60. The molecule has 7 atom stereocenters. The monoisotopic (exact) mass is 414 g/mol. The summed E-state index contributed by atoms with van der Waals surface area (Å²) in [5, 5.41) is 10.7. The molecule has 3 saturated carbocycles. The number of rotatable bonds is 4. The minimum Gasteiger partial charge on any atom is -0.495 e. The molecule has 166 valence electrons. The van der Waals surface area contributed by atoms with Crippen LogP contribution >= 0.6 is 0 Å². The summed E-state index contributed by atoms with van der Waals surface area (Å²) in [5.74, 6) is 2.82. The number of hydrogen-bond donors (Lipinski definition) is 1. The molecule has 2 unspecified atom stereocenters. The minimum absolute atomic E-state index is 0.0479. The van der Waals surface area contributed by atoms with Gasteiger partial charge in [0.05, 0.1) is 12.4 Å². The summed E-state index contributed by atoms with van der Waals surface area (Å²) in [6.07, 6.45) is 17.2. The highest BCUT2D eigenvalue weighted by Crippen LogP contribution is 2.65. The van der Waals surface area contributed by atoms with Crippen LogP contribution < -0.4 is 0 Å². The van der Waals surface area contributed by atoms with Gasteiger partial charge in [-0.3, -0.25) is 4.79 Å². The van der Waals surface area contributed by atoms with Crippen LogP contribution in [0.3, 0.4) is 0 Å². The van der Waals surface area contributed by atoms with Gasteiger partial charge < -0.3 is 14.6 Å². The maximum atomic E-state index is 11.7. The highest BCUT2D eigenvalue weighted by atomic mass is 16.5. The average Bonchev–Trinajstić information content (AvgIpc) is 3.35. The lowest BCUT2D eigenvalue weighted by atomic mass is 9.47. The molecule has 0 radical (unpaired) electrons. The molecular formula is C26H38O4. The number of fused-ring (bicyclic) bond motifs is 5. The summed E-state index contributed by atoms with van der Waals surface area (Å²) < 4.78 is 12.1. The van der Waals surface area contributed by atoms with Crippen LogP contribution in [0.15, 0.2) is 23.5 Å². The van der Waals surface area contributed by atoms with Crippen LogP contribution in [0.25, 0.3) is 0 Å². The zero-order chi connectivity index (χ0) is 20.9. The second-order valence-corrected chi connectivity index (χ2v) is 10.9. The molecule has 0 bridgehead atoms. The third-order valence-electron chi connectivity index (χ3n) is 9.60. The van der Waals surface area contributed by atoms with Gasteiger partial charge in [-0.15, -0.1) is 0 Å². The fraction of sp³-hybridized carbons (Fsp3) is 0.808. The van der Waals surface area contributed by atoms with Crippen LogP contribution in [0.2, 0.25) is 0 Å². The van der Waals surface area contributed by atoms with Crippen molar-refractivity contribution in [3.05, 3.63) is 23.5 Å². The van der Waals surface area contributed by atoms with E-state index >= 15 is 0 Å². The van der Waals surface area contributed by atoms with Crippen molar-refractivity contribution in [2.24, 2.45) is 28.6 Å². The van der Waals surface area contributed by atoms with E-state index in [2.05, 4.69) is 19.1 Å². The highest BCUT2D eigenvalue weighted by molar-refractivity contribution is 5.66. The first-order valence-corrected chi connectivity index (χ1v) is 12.3. The van der Waals surface area contributed by atoms with Crippen molar-refractivity contribution in [1.82, 2.24) is 0 Å².